The molecule has 0 unspecified atom stereocenters. The first-order valence-corrected chi connectivity index (χ1v) is 6.04. The highest BCUT2D eigenvalue weighted by Gasteiger charge is 2.25. The highest BCUT2D eigenvalue weighted by Crippen LogP contribution is 2.23. The molecule has 15 heavy (non-hydrogen) atoms. The van der Waals surface area contributed by atoms with Crippen LogP contribution in [0, 0.1) is 0 Å². The van der Waals surface area contributed by atoms with E-state index in [9.17, 15) is 4.79 Å². The van der Waals surface area contributed by atoms with Crippen molar-refractivity contribution in [3.63, 3.8) is 0 Å². The van der Waals surface area contributed by atoms with Crippen molar-refractivity contribution in [3.8, 4) is 0 Å². The molecule has 0 bridgehead atoms. The molecule has 1 aliphatic rings. The van der Waals surface area contributed by atoms with Gasteiger partial charge in [-0.05, 0) is 32.7 Å². The number of carbonyl (C=O) groups is 1. The molecule has 1 saturated carbocycles. The normalized spacial score (nSPS) is 16.7. The summed E-state index contributed by atoms with van der Waals surface area (Å²) in [4.78, 5) is 13.8. The van der Waals surface area contributed by atoms with Crippen LogP contribution in [0.5, 0.6) is 0 Å². The van der Waals surface area contributed by atoms with E-state index in [2.05, 4.69) is 5.32 Å². The predicted molar refractivity (Wildman–Crippen MR) is 61.7 cm³/mol. The average molecular weight is 213 g/mol. The summed E-state index contributed by atoms with van der Waals surface area (Å²) < 4.78 is 0. The molecule has 88 valence electrons. The zero-order valence-electron chi connectivity index (χ0n) is 9.67. The summed E-state index contributed by atoms with van der Waals surface area (Å²) in [5, 5.41) is 2.88. The van der Waals surface area contributed by atoms with Gasteiger partial charge in [0.1, 0.15) is 0 Å². The maximum atomic E-state index is 11.8. The molecule has 2 amide bonds. The van der Waals surface area contributed by atoms with E-state index < -0.39 is 0 Å². The van der Waals surface area contributed by atoms with Gasteiger partial charge in [-0.1, -0.05) is 12.8 Å². The number of nitrogens with zero attached hydrogens (tertiary/aromatic N) is 1. The molecule has 0 radical (unpaired) electrons. The molecular formula is C11H23N3O. The number of hydrogen-bond donors (Lipinski definition) is 2. The van der Waals surface area contributed by atoms with Crippen LogP contribution in [0.1, 0.15) is 39.0 Å². The maximum Gasteiger partial charge on any atom is 0.317 e. The van der Waals surface area contributed by atoms with E-state index >= 15 is 0 Å². The van der Waals surface area contributed by atoms with E-state index in [1.165, 1.54) is 12.8 Å². The summed E-state index contributed by atoms with van der Waals surface area (Å²) in [5.41, 5.74) is 5.49. The second kappa shape index (κ2) is 6.67. The lowest BCUT2D eigenvalue weighted by Crippen LogP contribution is -2.46. The standard InChI is InChI=1S/C11H23N3O/c1-2-13-11(15)14(9-5-8-12)10-6-3-4-7-10/h10H,2-9,12H2,1H3,(H,13,15). The Bertz CT molecular complexity index is 190. The summed E-state index contributed by atoms with van der Waals surface area (Å²) in [6, 6.07) is 0.529. The van der Waals surface area contributed by atoms with E-state index in [0.29, 0.717) is 19.1 Å². The monoisotopic (exact) mass is 213 g/mol. The highest BCUT2D eigenvalue weighted by molar-refractivity contribution is 5.74. The molecule has 3 N–H and O–H groups in total. The van der Waals surface area contributed by atoms with Gasteiger partial charge < -0.3 is 16.0 Å². The van der Waals surface area contributed by atoms with Crippen LogP contribution in [0.2, 0.25) is 0 Å². The number of rotatable bonds is 5. The average Bonchev–Trinajstić information content (AvgIpc) is 2.72. The van der Waals surface area contributed by atoms with Crippen molar-refractivity contribution in [2.24, 2.45) is 5.73 Å². The van der Waals surface area contributed by atoms with Gasteiger partial charge in [0.25, 0.3) is 0 Å². The van der Waals surface area contributed by atoms with E-state index in [1.807, 2.05) is 11.8 Å². The Morgan fingerprint density at radius 3 is 2.67 bits per heavy atom. The molecule has 1 rings (SSSR count). The summed E-state index contributed by atoms with van der Waals surface area (Å²) in [6.45, 7) is 4.11. The molecule has 1 fully saturated rings. The lowest BCUT2D eigenvalue weighted by atomic mass is 10.2. The Kier molecular flexibility index (Phi) is 5.47. The Balaban J connectivity index is 2.46. The number of hydrogen-bond acceptors (Lipinski definition) is 2. The maximum absolute atomic E-state index is 11.8. The lowest BCUT2D eigenvalue weighted by Gasteiger charge is -2.28. The molecule has 0 aromatic heterocycles. The van der Waals surface area contributed by atoms with Crippen molar-refractivity contribution >= 4 is 6.03 Å². The highest BCUT2D eigenvalue weighted by atomic mass is 16.2. The number of nitrogens with two attached hydrogens (primary N) is 1. The Labute approximate surface area is 92.2 Å². The molecule has 1 aliphatic carbocycles. The fourth-order valence-corrected chi connectivity index (χ4v) is 2.18. The molecule has 0 atom stereocenters. The Morgan fingerprint density at radius 2 is 2.13 bits per heavy atom. The van der Waals surface area contributed by atoms with Crippen LogP contribution >= 0.6 is 0 Å². The minimum absolute atomic E-state index is 0.0813. The Morgan fingerprint density at radius 1 is 1.47 bits per heavy atom. The first-order chi connectivity index (χ1) is 7.29. The topological polar surface area (TPSA) is 58.4 Å². The first-order valence-electron chi connectivity index (χ1n) is 6.04. The lowest BCUT2D eigenvalue weighted by molar-refractivity contribution is 0.175. The molecular weight excluding hydrogens is 190 g/mol. The van der Waals surface area contributed by atoms with E-state index in [1.54, 1.807) is 0 Å². The summed E-state index contributed by atoms with van der Waals surface area (Å²) in [6.07, 6.45) is 5.71. The van der Waals surface area contributed by atoms with Crippen LogP contribution in [0.4, 0.5) is 4.79 Å². The number of carbonyl (C=O) groups excluding carboxylic acids is 1. The summed E-state index contributed by atoms with van der Waals surface area (Å²) in [5.74, 6) is 0. The second-order valence-corrected chi connectivity index (χ2v) is 4.11. The molecule has 0 saturated heterocycles. The van der Waals surface area contributed by atoms with Crippen LogP contribution in [-0.4, -0.2) is 36.6 Å². The van der Waals surface area contributed by atoms with E-state index in [0.717, 1.165) is 25.8 Å². The van der Waals surface area contributed by atoms with Crippen LogP contribution in [0.15, 0.2) is 0 Å². The van der Waals surface area contributed by atoms with Gasteiger partial charge in [0.15, 0.2) is 0 Å². The smallest absolute Gasteiger partial charge is 0.317 e. The van der Waals surface area contributed by atoms with Crippen molar-refractivity contribution in [2.45, 2.75) is 45.1 Å². The molecule has 0 aromatic rings. The zero-order chi connectivity index (χ0) is 11.1. The van der Waals surface area contributed by atoms with Gasteiger partial charge in [-0.15, -0.1) is 0 Å². The zero-order valence-corrected chi connectivity index (χ0v) is 9.67. The third-order valence-corrected chi connectivity index (χ3v) is 2.96. The third kappa shape index (κ3) is 3.70. The molecule has 0 spiro atoms. The SMILES string of the molecule is CCNC(=O)N(CCCN)C1CCCC1. The minimum atomic E-state index is 0.0813. The molecule has 4 nitrogen and oxygen atoms in total. The summed E-state index contributed by atoms with van der Waals surface area (Å²) in [7, 11) is 0. The first kappa shape index (κ1) is 12.3. The van der Waals surface area contributed by atoms with Crippen molar-refractivity contribution in [1.82, 2.24) is 10.2 Å². The van der Waals surface area contributed by atoms with E-state index in [-0.39, 0.29) is 6.03 Å². The van der Waals surface area contributed by atoms with Crippen molar-refractivity contribution in [3.05, 3.63) is 0 Å². The molecule has 0 aromatic carbocycles. The number of nitrogens with one attached hydrogen (secondary N) is 1. The van der Waals surface area contributed by atoms with Crippen LogP contribution < -0.4 is 11.1 Å². The second-order valence-electron chi connectivity index (χ2n) is 4.11. The van der Waals surface area contributed by atoms with E-state index in [4.69, 9.17) is 5.73 Å². The largest absolute Gasteiger partial charge is 0.338 e. The summed E-state index contributed by atoms with van der Waals surface area (Å²) >= 11 is 0. The number of urea groups is 1. The van der Waals surface area contributed by atoms with Crippen molar-refractivity contribution < 1.29 is 4.79 Å². The Hall–Kier alpha value is -0.770. The van der Waals surface area contributed by atoms with Gasteiger partial charge >= 0.3 is 6.03 Å². The van der Waals surface area contributed by atoms with Crippen LogP contribution in [0.3, 0.4) is 0 Å². The quantitative estimate of drug-likeness (QED) is 0.723. The third-order valence-electron chi connectivity index (χ3n) is 2.96. The van der Waals surface area contributed by atoms with Gasteiger partial charge in [-0.25, -0.2) is 4.79 Å². The molecule has 0 aliphatic heterocycles. The van der Waals surface area contributed by atoms with Gasteiger partial charge in [-0.3, -0.25) is 0 Å². The van der Waals surface area contributed by atoms with Crippen LogP contribution in [0.25, 0.3) is 0 Å². The van der Waals surface area contributed by atoms with Gasteiger partial charge in [0.05, 0.1) is 0 Å². The number of amides is 2. The fraction of sp³-hybridized carbons (Fsp3) is 0.909. The van der Waals surface area contributed by atoms with Gasteiger partial charge in [-0.2, -0.15) is 0 Å². The molecule has 0 heterocycles. The predicted octanol–water partition coefficient (Wildman–Crippen LogP) is 1.31. The van der Waals surface area contributed by atoms with Gasteiger partial charge in [0.2, 0.25) is 0 Å². The minimum Gasteiger partial charge on any atom is -0.338 e. The molecule has 4 heteroatoms. The van der Waals surface area contributed by atoms with Crippen LogP contribution in [-0.2, 0) is 0 Å². The fourth-order valence-electron chi connectivity index (χ4n) is 2.18. The van der Waals surface area contributed by atoms with Crippen molar-refractivity contribution in [1.29, 1.82) is 0 Å². The van der Waals surface area contributed by atoms with Crippen molar-refractivity contribution in [2.75, 3.05) is 19.6 Å². The van der Waals surface area contributed by atoms with Gasteiger partial charge in [0, 0.05) is 19.1 Å².